The van der Waals surface area contributed by atoms with Crippen molar-refractivity contribution in [1.82, 2.24) is 20.2 Å². The van der Waals surface area contributed by atoms with E-state index in [4.69, 9.17) is 4.74 Å². The van der Waals surface area contributed by atoms with Crippen molar-refractivity contribution >= 4 is 5.69 Å². The maximum atomic E-state index is 11.9. The van der Waals surface area contributed by atoms with Crippen LogP contribution in [0.25, 0.3) is 11.3 Å². The Labute approximate surface area is 132 Å². The molecule has 122 valence electrons. The molecule has 3 rings (SSSR count). The van der Waals surface area contributed by atoms with Gasteiger partial charge in [-0.15, -0.1) is 5.10 Å². The summed E-state index contributed by atoms with van der Waals surface area (Å²) in [6, 6.07) is 1.83. The van der Waals surface area contributed by atoms with Crippen molar-refractivity contribution in [2.45, 2.75) is 26.4 Å². The van der Waals surface area contributed by atoms with Gasteiger partial charge in [0.2, 0.25) is 0 Å². The Kier molecular flexibility index (Phi) is 3.77. The number of nitrogens with one attached hydrogen (secondary N) is 2. The molecule has 1 aliphatic heterocycles. The monoisotopic (exact) mass is 317 g/mol. The van der Waals surface area contributed by atoms with Gasteiger partial charge in [-0.3, -0.25) is 9.78 Å². The fourth-order valence-electron chi connectivity index (χ4n) is 2.72. The van der Waals surface area contributed by atoms with E-state index in [2.05, 4.69) is 25.1 Å². The van der Waals surface area contributed by atoms with Crippen LogP contribution in [-0.2, 0) is 4.74 Å². The molecule has 23 heavy (non-hydrogen) atoms. The van der Waals surface area contributed by atoms with E-state index < -0.39 is 11.2 Å². The largest absolute Gasteiger partial charge is 0.372 e. The zero-order valence-corrected chi connectivity index (χ0v) is 13.3. The second kappa shape index (κ2) is 5.62. The molecule has 2 N–H and O–H groups in total. The third-order valence-corrected chi connectivity index (χ3v) is 3.81. The standard InChI is InChI=1S/C15H19N5O3/c1-9-12(20-4-5-23-15(2,3)8-20)6-11(19-18-9)10-7-16-14(22)17-13(10)21/h6-7H,4-5,8H2,1-3H3,(H2,16,17,21,22). The molecule has 0 bridgehead atoms. The smallest absolute Gasteiger partial charge is 0.325 e. The molecule has 8 heteroatoms. The number of hydrogen-bond donors (Lipinski definition) is 2. The van der Waals surface area contributed by atoms with Gasteiger partial charge in [0.1, 0.15) is 5.69 Å². The van der Waals surface area contributed by atoms with Gasteiger partial charge in [0.25, 0.3) is 5.56 Å². The van der Waals surface area contributed by atoms with Crippen molar-refractivity contribution in [3.05, 3.63) is 38.8 Å². The first-order chi connectivity index (χ1) is 10.9. The number of H-pyrrole nitrogens is 2. The van der Waals surface area contributed by atoms with Gasteiger partial charge in [-0.05, 0) is 26.8 Å². The Morgan fingerprint density at radius 3 is 2.78 bits per heavy atom. The summed E-state index contributed by atoms with van der Waals surface area (Å²) in [4.78, 5) is 29.9. The quantitative estimate of drug-likeness (QED) is 0.833. The van der Waals surface area contributed by atoms with Crippen molar-refractivity contribution in [2.75, 3.05) is 24.6 Å². The Hall–Kier alpha value is -2.48. The van der Waals surface area contributed by atoms with Crippen LogP contribution in [0.15, 0.2) is 21.9 Å². The number of aromatic nitrogens is 4. The van der Waals surface area contributed by atoms with Crippen LogP contribution in [-0.4, -0.2) is 45.5 Å². The third-order valence-electron chi connectivity index (χ3n) is 3.81. The minimum absolute atomic E-state index is 0.246. The van der Waals surface area contributed by atoms with Gasteiger partial charge in [0, 0.05) is 19.3 Å². The van der Waals surface area contributed by atoms with E-state index in [0.717, 1.165) is 24.5 Å². The van der Waals surface area contributed by atoms with Crippen molar-refractivity contribution < 1.29 is 4.74 Å². The summed E-state index contributed by atoms with van der Waals surface area (Å²) < 4.78 is 5.73. The van der Waals surface area contributed by atoms with Crippen LogP contribution in [0.3, 0.4) is 0 Å². The fourth-order valence-corrected chi connectivity index (χ4v) is 2.72. The Morgan fingerprint density at radius 1 is 1.30 bits per heavy atom. The zero-order chi connectivity index (χ0) is 16.6. The predicted molar refractivity (Wildman–Crippen MR) is 85.7 cm³/mol. The van der Waals surface area contributed by atoms with Gasteiger partial charge >= 0.3 is 5.69 Å². The Bertz CT molecular complexity index is 839. The summed E-state index contributed by atoms with van der Waals surface area (Å²) in [5, 5.41) is 8.25. The van der Waals surface area contributed by atoms with Crippen LogP contribution < -0.4 is 16.1 Å². The van der Waals surface area contributed by atoms with Crippen LogP contribution in [0, 0.1) is 6.92 Å². The molecule has 0 unspecified atom stereocenters. The number of hydrogen-bond acceptors (Lipinski definition) is 6. The number of nitrogens with zero attached hydrogens (tertiary/aromatic N) is 3. The summed E-state index contributed by atoms with van der Waals surface area (Å²) in [6.07, 6.45) is 1.35. The van der Waals surface area contributed by atoms with E-state index >= 15 is 0 Å². The van der Waals surface area contributed by atoms with E-state index in [1.807, 2.05) is 26.8 Å². The molecular weight excluding hydrogens is 298 g/mol. The average Bonchev–Trinajstić information content (AvgIpc) is 2.47. The lowest BCUT2D eigenvalue weighted by Crippen LogP contribution is -2.48. The van der Waals surface area contributed by atoms with Crippen LogP contribution >= 0.6 is 0 Å². The van der Waals surface area contributed by atoms with Gasteiger partial charge in [0.05, 0.1) is 29.2 Å². The van der Waals surface area contributed by atoms with E-state index in [1.54, 1.807) is 0 Å². The Balaban J connectivity index is 2.02. The van der Waals surface area contributed by atoms with Gasteiger partial charge in [-0.2, -0.15) is 5.10 Å². The summed E-state index contributed by atoms with van der Waals surface area (Å²) >= 11 is 0. The summed E-state index contributed by atoms with van der Waals surface area (Å²) in [6.45, 7) is 8.06. The Morgan fingerprint density at radius 2 is 2.09 bits per heavy atom. The van der Waals surface area contributed by atoms with Gasteiger partial charge in [-0.1, -0.05) is 0 Å². The maximum absolute atomic E-state index is 11.9. The molecule has 2 aromatic heterocycles. The van der Waals surface area contributed by atoms with Crippen molar-refractivity contribution in [3.8, 4) is 11.3 Å². The lowest BCUT2D eigenvalue weighted by Gasteiger charge is -2.39. The van der Waals surface area contributed by atoms with Crippen molar-refractivity contribution in [1.29, 1.82) is 0 Å². The number of aryl methyl sites for hydroxylation is 1. The van der Waals surface area contributed by atoms with E-state index in [1.165, 1.54) is 6.20 Å². The molecule has 3 heterocycles. The minimum atomic E-state index is -0.547. The highest BCUT2D eigenvalue weighted by molar-refractivity contribution is 5.64. The average molecular weight is 317 g/mol. The topological polar surface area (TPSA) is 104 Å². The van der Waals surface area contributed by atoms with Crippen molar-refractivity contribution in [3.63, 3.8) is 0 Å². The second-order valence-electron chi connectivity index (χ2n) is 6.22. The van der Waals surface area contributed by atoms with Crippen LogP contribution in [0.2, 0.25) is 0 Å². The molecule has 1 fully saturated rings. The van der Waals surface area contributed by atoms with Crippen LogP contribution in [0.4, 0.5) is 5.69 Å². The highest BCUT2D eigenvalue weighted by Crippen LogP contribution is 2.27. The number of rotatable bonds is 2. The molecule has 0 amide bonds. The SMILES string of the molecule is Cc1nnc(-c2c[nH]c(=O)[nH]c2=O)cc1N1CCOC(C)(C)C1. The molecule has 0 atom stereocenters. The lowest BCUT2D eigenvalue weighted by atomic mass is 10.1. The predicted octanol–water partition coefficient (Wildman–Crippen LogP) is 0.444. The molecule has 0 radical (unpaired) electrons. The van der Waals surface area contributed by atoms with Crippen molar-refractivity contribution in [2.24, 2.45) is 0 Å². The van der Waals surface area contributed by atoms with Gasteiger partial charge < -0.3 is 14.6 Å². The molecule has 1 aliphatic rings. The molecule has 2 aromatic rings. The molecule has 0 aromatic carbocycles. The summed E-state index contributed by atoms with van der Waals surface area (Å²) in [5.74, 6) is 0. The van der Waals surface area contributed by atoms with Gasteiger partial charge in [0.15, 0.2) is 0 Å². The van der Waals surface area contributed by atoms with E-state index in [9.17, 15) is 9.59 Å². The first-order valence-electron chi connectivity index (χ1n) is 7.41. The number of ether oxygens (including phenoxy) is 1. The highest BCUT2D eigenvalue weighted by atomic mass is 16.5. The number of aromatic amines is 2. The summed E-state index contributed by atoms with van der Waals surface area (Å²) in [7, 11) is 0. The number of anilines is 1. The third kappa shape index (κ3) is 3.16. The van der Waals surface area contributed by atoms with E-state index in [0.29, 0.717) is 12.3 Å². The van der Waals surface area contributed by atoms with Crippen LogP contribution in [0.5, 0.6) is 0 Å². The first kappa shape index (κ1) is 15.4. The first-order valence-corrected chi connectivity index (χ1v) is 7.41. The lowest BCUT2D eigenvalue weighted by molar-refractivity contribution is -0.0277. The normalized spacial score (nSPS) is 17.3. The molecule has 0 saturated carbocycles. The van der Waals surface area contributed by atoms with E-state index in [-0.39, 0.29) is 11.2 Å². The number of morpholine rings is 1. The van der Waals surface area contributed by atoms with Crippen LogP contribution in [0.1, 0.15) is 19.5 Å². The maximum Gasteiger partial charge on any atom is 0.325 e. The molecule has 8 nitrogen and oxygen atoms in total. The molecule has 0 spiro atoms. The zero-order valence-electron chi connectivity index (χ0n) is 13.3. The summed E-state index contributed by atoms with van der Waals surface area (Å²) in [5.41, 5.74) is 1.13. The highest BCUT2D eigenvalue weighted by Gasteiger charge is 2.28. The van der Waals surface area contributed by atoms with Gasteiger partial charge in [-0.25, -0.2) is 4.79 Å². The second-order valence-corrected chi connectivity index (χ2v) is 6.22. The molecular formula is C15H19N5O3. The minimum Gasteiger partial charge on any atom is -0.372 e. The molecule has 1 saturated heterocycles. The fraction of sp³-hybridized carbons (Fsp3) is 0.467. The molecule has 0 aliphatic carbocycles.